The van der Waals surface area contributed by atoms with Crippen molar-refractivity contribution in [2.24, 2.45) is 5.10 Å². The summed E-state index contributed by atoms with van der Waals surface area (Å²) in [5, 5.41) is 13.4. The van der Waals surface area contributed by atoms with Crippen LogP contribution in [0.15, 0.2) is 42.0 Å². The molecule has 0 bridgehead atoms. The number of hydrogen-bond donors (Lipinski definition) is 2. The van der Waals surface area contributed by atoms with Crippen LogP contribution in [-0.4, -0.2) is 17.2 Å². The second kappa shape index (κ2) is 11.5. The third-order valence-electron chi connectivity index (χ3n) is 3.39. The topological polar surface area (TPSA) is 61.7 Å². The molecule has 0 spiro atoms. The molecule has 4 heteroatoms. The number of para-hydroxylation sites is 1. The van der Waals surface area contributed by atoms with E-state index in [1.807, 2.05) is 6.08 Å². The van der Waals surface area contributed by atoms with Gasteiger partial charge in [-0.2, -0.15) is 5.10 Å². The Morgan fingerprint density at radius 1 is 1.14 bits per heavy atom. The van der Waals surface area contributed by atoms with E-state index in [-0.39, 0.29) is 11.7 Å². The summed E-state index contributed by atoms with van der Waals surface area (Å²) in [4.78, 5) is 11.6. The van der Waals surface area contributed by atoms with Crippen LogP contribution in [0.25, 0.3) is 0 Å². The molecular formula is C18H26N2O2. The Hall–Kier alpha value is -2.10. The molecule has 1 aromatic carbocycles. The van der Waals surface area contributed by atoms with Crippen LogP contribution in [-0.2, 0) is 4.79 Å². The van der Waals surface area contributed by atoms with Crippen molar-refractivity contribution in [2.45, 2.75) is 51.4 Å². The molecule has 22 heavy (non-hydrogen) atoms. The van der Waals surface area contributed by atoms with Gasteiger partial charge in [-0.1, -0.05) is 43.9 Å². The van der Waals surface area contributed by atoms with E-state index >= 15 is 0 Å². The fourth-order valence-corrected chi connectivity index (χ4v) is 2.11. The molecule has 1 amide bonds. The molecule has 0 fully saturated rings. The highest BCUT2D eigenvalue weighted by atomic mass is 16.3. The number of benzene rings is 1. The third kappa shape index (κ3) is 8.25. The van der Waals surface area contributed by atoms with E-state index in [9.17, 15) is 9.90 Å². The molecule has 0 aliphatic carbocycles. The summed E-state index contributed by atoms with van der Waals surface area (Å²) in [7, 11) is 0. The quantitative estimate of drug-likeness (QED) is 0.279. The molecule has 1 rings (SSSR count). The molecule has 0 aliphatic heterocycles. The number of aromatic hydroxyl groups is 1. The van der Waals surface area contributed by atoms with E-state index < -0.39 is 0 Å². The fraction of sp³-hybridized carbons (Fsp3) is 0.444. The van der Waals surface area contributed by atoms with Gasteiger partial charge in [0.25, 0.3) is 0 Å². The molecular weight excluding hydrogens is 276 g/mol. The molecule has 0 saturated heterocycles. The Bertz CT molecular complexity index is 484. The minimum atomic E-state index is -0.0849. The Morgan fingerprint density at radius 3 is 2.55 bits per heavy atom. The average Bonchev–Trinajstić information content (AvgIpc) is 2.52. The predicted octanol–water partition coefficient (Wildman–Crippen LogP) is 4.15. The number of hydrogen-bond acceptors (Lipinski definition) is 3. The summed E-state index contributed by atoms with van der Waals surface area (Å²) in [6, 6.07) is 6.86. The van der Waals surface area contributed by atoms with Crippen LogP contribution in [0.4, 0.5) is 0 Å². The number of unbranched alkanes of at least 4 members (excludes halogenated alkanes) is 6. The van der Waals surface area contributed by atoms with Crippen LogP contribution in [0.1, 0.15) is 56.9 Å². The average molecular weight is 302 g/mol. The van der Waals surface area contributed by atoms with Gasteiger partial charge < -0.3 is 5.11 Å². The molecule has 0 unspecified atom stereocenters. The van der Waals surface area contributed by atoms with Gasteiger partial charge in [0.15, 0.2) is 0 Å². The first-order valence-corrected chi connectivity index (χ1v) is 7.95. The first-order chi connectivity index (χ1) is 10.7. The summed E-state index contributed by atoms with van der Waals surface area (Å²) < 4.78 is 0. The van der Waals surface area contributed by atoms with Crippen LogP contribution in [0.2, 0.25) is 0 Å². The summed E-state index contributed by atoms with van der Waals surface area (Å²) in [6.45, 7) is 3.71. The Kier molecular flexibility index (Phi) is 9.42. The molecule has 120 valence electrons. The van der Waals surface area contributed by atoms with Gasteiger partial charge in [-0.25, -0.2) is 5.43 Å². The first kappa shape index (κ1) is 18.0. The summed E-state index contributed by atoms with van der Waals surface area (Å²) in [6.07, 6.45) is 11.8. The van der Waals surface area contributed by atoms with Gasteiger partial charge in [0.1, 0.15) is 5.75 Å². The van der Waals surface area contributed by atoms with Crippen LogP contribution in [0, 0.1) is 0 Å². The standard InChI is InChI=1S/C18H26N2O2/c1-2-3-4-5-6-7-8-9-14-18(22)20-19-15-16-12-10-11-13-17(16)21/h2,10-13,15,21H,1,3-9,14H2,(H,20,22)/b19-15+. The molecule has 0 aromatic heterocycles. The highest BCUT2D eigenvalue weighted by Gasteiger charge is 2.00. The third-order valence-corrected chi connectivity index (χ3v) is 3.39. The molecule has 0 aliphatic rings. The van der Waals surface area contributed by atoms with Crippen molar-refractivity contribution >= 4 is 12.1 Å². The fourth-order valence-electron chi connectivity index (χ4n) is 2.11. The van der Waals surface area contributed by atoms with Gasteiger partial charge in [-0.15, -0.1) is 6.58 Å². The smallest absolute Gasteiger partial charge is 0.240 e. The molecule has 4 nitrogen and oxygen atoms in total. The van der Waals surface area contributed by atoms with E-state index in [4.69, 9.17) is 0 Å². The minimum Gasteiger partial charge on any atom is -0.507 e. The van der Waals surface area contributed by atoms with Gasteiger partial charge in [-0.05, 0) is 31.4 Å². The highest BCUT2D eigenvalue weighted by molar-refractivity contribution is 5.84. The maximum absolute atomic E-state index is 11.6. The minimum absolute atomic E-state index is 0.0849. The lowest BCUT2D eigenvalue weighted by atomic mass is 10.1. The summed E-state index contributed by atoms with van der Waals surface area (Å²) in [5.74, 6) is 0.0651. The maximum Gasteiger partial charge on any atom is 0.240 e. The van der Waals surface area contributed by atoms with Crippen LogP contribution in [0.3, 0.4) is 0 Å². The van der Waals surface area contributed by atoms with Crippen molar-refractivity contribution in [1.82, 2.24) is 5.43 Å². The normalized spacial score (nSPS) is 10.7. The van der Waals surface area contributed by atoms with Gasteiger partial charge in [-0.3, -0.25) is 4.79 Å². The Morgan fingerprint density at radius 2 is 1.82 bits per heavy atom. The van der Waals surface area contributed by atoms with Crippen molar-refractivity contribution in [3.8, 4) is 5.75 Å². The zero-order valence-electron chi connectivity index (χ0n) is 13.1. The molecule has 1 aromatic rings. The number of nitrogens with zero attached hydrogens (tertiary/aromatic N) is 1. The zero-order chi connectivity index (χ0) is 16.0. The Balaban J connectivity index is 2.06. The number of phenolic OH excluding ortho intramolecular Hbond substituents is 1. The second-order valence-electron chi connectivity index (χ2n) is 5.30. The van der Waals surface area contributed by atoms with Crippen molar-refractivity contribution < 1.29 is 9.90 Å². The summed E-state index contributed by atoms with van der Waals surface area (Å²) >= 11 is 0. The predicted molar refractivity (Wildman–Crippen MR) is 91.0 cm³/mol. The van der Waals surface area contributed by atoms with Gasteiger partial charge in [0.05, 0.1) is 6.21 Å². The molecule has 2 N–H and O–H groups in total. The number of amides is 1. The number of nitrogens with one attached hydrogen (secondary N) is 1. The van der Waals surface area contributed by atoms with E-state index in [2.05, 4.69) is 17.1 Å². The summed E-state index contributed by atoms with van der Waals surface area (Å²) in [5.41, 5.74) is 3.07. The number of hydrazone groups is 1. The molecule has 0 heterocycles. The Labute approximate surface area is 132 Å². The van der Waals surface area contributed by atoms with Crippen LogP contribution >= 0.6 is 0 Å². The molecule has 0 saturated carbocycles. The van der Waals surface area contributed by atoms with Gasteiger partial charge in [0.2, 0.25) is 5.91 Å². The van der Waals surface area contributed by atoms with E-state index in [1.54, 1.807) is 24.3 Å². The van der Waals surface area contributed by atoms with Crippen molar-refractivity contribution in [3.63, 3.8) is 0 Å². The number of carbonyl (C=O) groups is 1. The monoisotopic (exact) mass is 302 g/mol. The lowest BCUT2D eigenvalue weighted by Gasteiger charge is -2.01. The number of rotatable bonds is 11. The molecule has 0 atom stereocenters. The lowest BCUT2D eigenvalue weighted by molar-refractivity contribution is -0.121. The van der Waals surface area contributed by atoms with Crippen LogP contribution < -0.4 is 5.43 Å². The van der Waals surface area contributed by atoms with Crippen molar-refractivity contribution in [2.75, 3.05) is 0 Å². The van der Waals surface area contributed by atoms with Gasteiger partial charge in [0, 0.05) is 12.0 Å². The maximum atomic E-state index is 11.6. The largest absolute Gasteiger partial charge is 0.507 e. The van der Waals surface area contributed by atoms with E-state index in [1.165, 1.54) is 31.9 Å². The highest BCUT2D eigenvalue weighted by Crippen LogP contribution is 2.12. The number of carbonyl (C=O) groups excluding carboxylic acids is 1. The number of allylic oxidation sites excluding steroid dienone is 1. The molecule has 0 radical (unpaired) electrons. The van der Waals surface area contributed by atoms with E-state index in [0.29, 0.717) is 12.0 Å². The number of phenols is 1. The van der Waals surface area contributed by atoms with Crippen molar-refractivity contribution in [1.29, 1.82) is 0 Å². The van der Waals surface area contributed by atoms with Gasteiger partial charge >= 0.3 is 0 Å². The SMILES string of the molecule is C=CCCCCCCCCC(=O)N/N=C/c1ccccc1O. The lowest BCUT2D eigenvalue weighted by Crippen LogP contribution is -2.16. The second-order valence-corrected chi connectivity index (χ2v) is 5.30. The van der Waals surface area contributed by atoms with Crippen molar-refractivity contribution in [3.05, 3.63) is 42.5 Å². The van der Waals surface area contributed by atoms with E-state index in [0.717, 1.165) is 19.3 Å². The zero-order valence-corrected chi connectivity index (χ0v) is 13.1. The first-order valence-electron chi connectivity index (χ1n) is 7.95. The van der Waals surface area contributed by atoms with Crippen LogP contribution in [0.5, 0.6) is 5.75 Å².